The molecule has 2 aromatic rings. The molecule has 0 aliphatic rings. The van der Waals surface area contributed by atoms with Crippen molar-refractivity contribution in [2.24, 2.45) is 0 Å². The third-order valence-electron chi connectivity index (χ3n) is 2.08. The van der Waals surface area contributed by atoms with E-state index >= 15 is 0 Å². The zero-order chi connectivity index (χ0) is 13.1. The molecule has 0 aliphatic carbocycles. The number of aldehydes is 1. The van der Waals surface area contributed by atoms with Crippen molar-refractivity contribution >= 4 is 46.1 Å². The molecular formula is C11H10ClN3OS2. The Morgan fingerprint density at radius 2 is 2.17 bits per heavy atom. The number of anilines is 1. The van der Waals surface area contributed by atoms with Gasteiger partial charge in [-0.25, -0.2) is 0 Å². The summed E-state index contributed by atoms with van der Waals surface area (Å²) in [4.78, 5) is 13.6. The number of aromatic nitrogens is 2. The Hall–Kier alpha value is -1.11. The van der Waals surface area contributed by atoms with Gasteiger partial charge in [-0.1, -0.05) is 34.7 Å². The molecule has 0 bridgehead atoms. The van der Waals surface area contributed by atoms with E-state index in [4.69, 9.17) is 11.6 Å². The lowest BCUT2D eigenvalue weighted by molar-refractivity contribution is 0.112. The highest BCUT2D eigenvalue weighted by Gasteiger charge is 2.10. The number of carbonyl (C=O) groups excluding carboxylic acids is 1. The molecule has 0 radical (unpaired) electrons. The van der Waals surface area contributed by atoms with E-state index in [1.165, 1.54) is 23.1 Å². The van der Waals surface area contributed by atoms with Crippen molar-refractivity contribution in [2.45, 2.75) is 9.24 Å². The first-order valence-electron chi connectivity index (χ1n) is 5.03. The molecule has 0 saturated carbocycles. The number of hydrogen-bond donors (Lipinski definition) is 0. The second-order valence-corrected chi connectivity index (χ2v) is 6.33. The molecule has 0 unspecified atom stereocenters. The fourth-order valence-electron chi connectivity index (χ4n) is 1.21. The van der Waals surface area contributed by atoms with E-state index in [9.17, 15) is 4.79 Å². The van der Waals surface area contributed by atoms with Gasteiger partial charge in [0.2, 0.25) is 5.13 Å². The highest BCUT2D eigenvalue weighted by atomic mass is 35.5. The molecule has 0 fully saturated rings. The third kappa shape index (κ3) is 3.01. The number of halogens is 1. The minimum atomic E-state index is 0.598. The van der Waals surface area contributed by atoms with Gasteiger partial charge in [-0.3, -0.25) is 4.79 Å². The monoisotopic (exact) mass is 299 g/mol. The maximum Gasteiger partial charge on any atom is 0.208 e. The minimum Gasteiger partial charge on any atom is -0.353 e. The molecule has 0 saturated heterocycles. The Kier molecular flexibility index (Phi) is 4.21. The van der Waals surface area contributed by atoms with Crippen molar-refractivity contribution in [1.29, 1.82) is 0 Å². The van der Waals surface area contributed by atoms with Crippen LogP contribution in [0.15, 0.2) is 27.4 Å². The van der Waals surface area contributed by atoms with Gasteiger partial charge in [0.1, 0.15) is 0 Å². The number of rotatable bonds is 4. The summed E-state index contributed by atoms with van der Waals surface area (Å²) in [5.74, 6) is 0. The molecule has 7 heteroatoms. The predicted molar refractivity (Wildman–Crippen MR) is 75.2 cm³/mol. The van der Waals surface area contributed by atoms with Crippen LogP contribution in [-0.2, 0) is 0 Å². The summed E-state index contributed by atoms with van der Waals surface area (Å²) in [6.45, 7) is 0. The van der Waals surface area contributed by atoms with E-state index < -0.39 is 0 Å². The van der Waals surface area contributed by atoms with Crippen molar-refractivity contribution in [3.05, 3.63) is 28.8 Å². The summed E-state index contributed by atoms with van der Waals surface area (Å²) in [5, 5.41) is 9.53. The highest BCUT2D eigenvalue weighted by molar-refractivity contribution is 8.01. The predicted octanol–water partition coefficient (Wildman–Crippen LogP) is 3.22. The second kappa shape index (κ2) is 5.69. The van der Waals surface area contributed by atoms with Gasteiger partial charge in [0.15, 0.2) is 10.6 Å². The molecule has 94 valence electrons. The first-order valence-corrected chi connectivity index (χ1v) is 7.04. The molecule has 1 aromatic carbocycles. The van der Waals surface area contributed by atoms with Crippen LogP contribution in [0.1, 0.15) is 10.4 Å². The number of carbonyl (C=O) groups is 1. The molecule has 0 amide bonds. The van der Waals surface area contributed by atoms with Crippen LogP contribution in [0.2, 0.25) is 5.02 Å². The lowest BCUT2D eigenvalue weighted by atomic mass is 10.2. The summed E-state index contributed by atoms with van der Waals surface area (Å²) in [5.41, 5.74) is 0.603. The first kappa shape index (κ1) is 13.3. The zero-order valence-electron chi connectivity index (χ0n) is 9.75. The van der Waals surface area contributed by atoms with Gasteiger partial charge in [0, 0.05) is 29.6 Å². The van der Waals surface area contributed by atoms with Crippen LogP contribution in [0.5, 0.6) is 0 Å². The Morgan fingerprint density at radius 3 is 2.78 bits per heavy atom. The first-order chi connectivity index (χ1) is 8.60. The van der Waals surface area contributed by atoms with E-state index in [-0.39, 0.29) is 0 Å². The number of benzene rings is 1. The molecule has 18 heavy (non-hydrogen) atoms. The minimum absolute atomic E-state index is 0.598. The van der Waals surface area contributed by atoms with Crippen LogP contribution in [0.3, 0.4) is 0 Å². The zero-order valence-corrected chi connectivity index (χ0v) is 12.1. The van der Waals surface area contributed by atoms with Crippen LogP contribution in [0.4, 0.5) is 5.13 Å². The van der Waals surface area contributed by atoms with Gasteiger partial charge in [0.05, 0.1) is 0 Å². The summed E-state index contributed by atoms with van der Waals surface area (Å²) >= 11 is 8.79. The van der Waals surface area contributed by atoms with E-state index in [0.717, 1.165) is 20.7 Å². The quantitative estimate of drug-likeness (QED) is 0.811. The second-order valence-electron chi connectivity index (χ2n) is 3.65. The normalized spacial score (nSPS) is 10.4. The van der Waals surface area contributed by atoms with Crippen LogP contribution in [0, 0.1) is 0 Å². The Morgan fingerprint density at radius 1 is 1.39 bits per heavy atom. The van der Waals surface area contributed by atoms with Crippen LogP contribution >= 0.6 is 34.7 Å². The average molecular weight is 300 g/mol. The van der Waals surface area contributed by atoms with E-state index in [1.54, 1.807) is 18.2 Å². The van der Waals surface area contributed by atoms with Gasteiger partial charge < -0.3 is 4.90 Å². The molecule has 0 aliphatic heterocycles. The Labute approximate surface area is 118 Å². The lowest BCUT2D eigenvalue weighted by Gasteiger charge is -2.04. The van der Waals surface area contributed by atoms with Crippen molar-refractivity contribution < 1.29 is 4.79 Å². The molecule has 2 rings (SSSR count). The van der Waals surface area contributed by atoms with Gasteiger partial charge >= 0.3 is 0 Å². The molecule has 4 nitrogen and oxygen atoms in total. The van der Waals surface area contributed by atoms with Gasteiger partial charge in [0.25, 0.3) is 0 Å². The number of nitrogens with zero attached hydrogens (tertiary/aromatic N) is 3. The summed E-state index contributed by atoms with van der Waals surface area (Å²) < 4.78 is 0.782. The molecule has 1 heterocycles. The van der Waals surface area contributed by atoms with Crippen molar-refractivity contribution in [2.75, 3.05) is 19.0 Å². The fourth-order valence-corrected chi connectivity index (χ4v) is 3.30. The maximum atomic E-state index is 10.9. The molecule has 1 aromatic heterocycles. The van der Waals surface area contributed by atoms with Gasteiger partial charge in [-0.2, -0.15) is 0 Å². The maximum absolute atomic E-state index is 10.9. The summed E-state index contributed by atoms with van der Waals surface area (Å²) in [7, 11) is 3.82. The third-order valence-corrected chi connectivity index (χ3v) is 4.53. The smallest absolute Gasteiger partial charge is 0.208 e. The van der Waals surface area contributed by atoms with Crippen LogP contribution < -0.4 is 4.90 Å². The van der Waals surface area contributed by atoms with Crippen molar-refractivity contribution in [1.82, 2.24) is 10.2 Å². The van der Waals surface area contributed by atoms with E-state index in [2.05, 4.69) is 10.2 Å². The van der Waals surface area contributed by atoms with E-state index in [0.29, 0.717) is 10.6 Å². The summed E-state index contributed by atoms with van der Waals surface area (Å²) in [6.07, 6.45) is 0.812. The SMILES string of the molecule is CN(C)c1nnc(Sc2cc(Cl)ccc2C=O)s1. The molecule has 0 N–H and O–H groups in total. The van der Waals surface area contributed by atoms with Crippen LogP contribution in [-0.4, -0.2) is 30.6 Å². The topological polar surface area (TPSA) is 46.1 Å². The fraction of sp³-hybridized carbons (Fsp3) is 0.182. The van der Waals surface area contributed by atoms with Gasteiger partial charge in [-0.15, -0.1) is 10.2 Å². The Bertz CT molecular complexity index is 571. The Balaban J connectivity index is 2.27. The molecular weight excluding hydrogens is 290 g/mol. The standard InChI is InChI=1S/C11H10ClN3OS2/c1-15(2)10-13-14-11(18-10)17-9-5-8(12)4-3-7(9)6-16/h3-6H,1-2H3. The van der Waals surface area contributed by atoms with Crippen molar-refractivity contribution in [3.63, 3.8) is 0 Å². The number of hydrogen-bond acceptors (Lipinski definition) is 6. The van der Waals surface area contributed by atoms with Gasteiger partial charge in [-0.05, 0) is 18.2 Å². The van der Waals surface area contributed by atoms with E-state index in [1.807, 2.05) is 19.0 Å². The molecule has 0 spiro atoms. The average Bonchev–Trinajstić information content (AvgIpc) is 2.78. The molecule has 0 atom stereocenters. The lowest BCUT2D eigenvalue weighted by Crippen LogP contribution is -2.07. The highest BCUT2D eigenvalue weighted by Crippen LogP contribution is 2.35. The van der Waals surface area contributed by atoms with Crippen LogP contribution in [0.25, 0.3) is 0 Å². The van der Waals surface area contributed by atoms with Crippen molar-refractivity contribution in [3.8, 4) is 0 Å². The summed E-state index contributed by atoms with van der Waals surface area (Å²) in [6, 6.07) is 5.15. The largest absolute Gasteiger partial charge is 0.353 e.